The monoisotopic (exact) mass is 695 g/mol. The molecule has 0 aliphatic carbocycles. The number of carbonyl (C=O) groups excluding carboxylic acids is 2. The number of rotatable bonds is 12. The number of anilines is 1. The number of nitrogens with zero attached hydrogens (tertiary/aromatic N) is 3. The summed E-state index contributed by atoms with van der Waals surface area (Å²) in [5, 5.41) is 21.7. The molecule has 5 aromatic rings. The fourth-order valence-corrected chi connectivity index (χ4v) is 7.43. The fraction of sp³-hybridized carbons (Fsp3) is 0.212. The van der Waals surface area contributed by atoms with E-state index in [0.29, 0.717) is 54.8 Å². The summed E-state index contributed by atoms with van der Waals surface area (Å²) < 4.78 is 17.7. The first kappa shape index (κ1) is 31.9. The van der Waals surface area contributed by atoms with Crippen LogP contribution < -0.4 is 14.4 Å². The van der Waals surface area contributed by atoms with Crippen LogP contribution in [0, 0.1) is 0 Å². The number of carbonyl (C=O) groups is 2. The van der Waals surface area contributed by atoms with Gasteiger partial charge in [0.25, 0.3) is 5.91 Å². The molecule has 0 saturated heterocycles. The van der Waals surface area contributed by atoms with Gasteiger partial charge in [-0.05, 0) is 53.9 Å². The Morgan fingerprint density at radius 3 is 2.65 bits per heavy atom. The van der Waals surface area contributed by atoms with Crippen LogP contribution in [0.15, 0.2) is 86.8 Å². The van der Waals surface area contributed by atoms with Crippen LogP contribution in [0.1, 0.15) is 47.5 Å². The van der Waals surface area contributed by atoms with Crippen molar-refractivity contribution in [2.45, 2.75) is 35.9 Å². The van der Waals surface area contributed by atoms with Crippen molar-refractivity contribution in [1.29, 1.82) is 0 Å². The Morgan fingerprint density at radius 2 is 1.91 bits per heavy atom. The lowest BCUT2D eigenvalue weighted by Crippen LogP contribution is -2.31. The molecule has 6 rings (SSSR count). The average molecular weight is 697 g/mol. The Morgan fingerprint density at radius 1 is 1.11 bits per heavy atom. The molecule has 0 spiro atoms. The molecule has 236 valence electrons. The molecule has 1 N–H and O–H groups in total. The van der Waals surface area contributed by atoms with E-state index in [4.69, 9.17) is 37.1 Å². The van der Waals surface area contributed by atoms with E-state index in [1.54, 1.807) is 60.7 Å². The number of aliphatic hydroxyl groups excluding tert-OH is 1. The number of para-hydroxylation sites is 1. The van der Waals surface area contributed by atoms with Crippen molar-refractivity contribution in [3.05, 3.63) is 105 Å². The Kier molecular flexibility index (Phi) is 9.55. The van der Waals surface area contributed by atoms with Crippen molar-refractivity contribution in [2.24, 2.45) is 0 Å². The molecule has 2 aromatic heterocycles. The number of furan rings is 1. The molecule has 46 heavy (non-hydrogen) atoms. The maximum absolute atomic E-state index is 14.1. The second kappa shape index (κ2) is 13.8. The van der Waals surface area contributed by atoms with Crippen molar-refractivity contribution in [1.82, 2.24) is 10.2 Å². The standard InChI is InChI=1S/C33H27Cl2N3O6S2/c1-3-4-14-43-22-12-9-18(10-13-22)27-26(28(39)25-15-19-6-5-7-24(42-2)30(19)44-25)29(40)31(41)38(27)32-36-37-33(46-32)45-17-20-8-11-21(34)16-23(20)35/h5-13,15-16,27,40H,3-4,14,17H2,1-2H3. The molecule has 1 aliphatic rings. The van der Waals surface area contributed by atoms with Crippen LogP contribution in [0.2, 0.25) is 10.0 Å². The molecule has 9 nitrogen and oxygen atoms in total. The Bertz CT molecular complexity index is 1960. The molecule has 3 heterocycles. The number of unbranched alkanes of at least 4 members (excludes halogenated alkanes) is 1. The molecular formula is C33H27Cl2N3O6S2. The predicted octanol–water partition coefficient (Wildman–Crippen LogP) is 8.85. The summed E-state index contributed by atoms with van der Waals surface area (Å²) in [6.07, 6.45) is 1.90. The van der Waals surface area contributed by atoms with Crippen molar-refractivity contribution in [2.75, 3.05) is 18.6 Å². The summed E-state index contributed by atoms with van der Waals surface area (Å²) >= 11 is 14.9. The quantitative estimate of drug-likeness (QED) is 0.0591. The van der Waals surface area contributed by atoms with Gasteiger partial charge >= 0.3 is 0 Å². The highest BCUT2D eigenvalue weighted by Crippen LogP contribution is 2.45. The number of ketones is 1. The summed E-state index contributed by atoms with van der Waals surface area (Å²) in [6.45, 7) is 2.65. The number of fused-ring (bicyclic) bond motifs is 1. The van der Waals surface area contributed by atoms with Crippen molar-refractivity contribution in [3.8, 4) is 11.5 Å². The molecule has 1 atom stereocenters. The van der Waals surface area contributed by atoms with Gasteiger partial charge in [0, 0.05) is 21.2 Å². The Hall–Kier alpha value is -4.03. The maximum Gasteiger partial charge on any atom is 0.296 e. The highest BCUT2D eigenvalue weighted by molar-refractivity contribution is 8.00. The number of amides is 1. The van der Waals surface area contributed by atoms with Crippen LogP contribution in [0.25, 0.3) is 11.0 Å². The number of halogens is 2. The largest absolute Gasteiger partial charge is 0.503 e. The Labute approximate surface area is 282 Å². The molecule has 0 radical (unpaired) electrons. The topological polar surface area (TPSA) is 115 Å². The molecule has 1 amide bonds. The van der Waals surface area contributed by atoms with E-state index in [1.807, 2.05) is 6.07 Å². The molecule has 1 unspecified atom stereocenters. The first-order valence-electron chi connectivity index (χ1n) is 14.3. The first-order valence-corrected chi connectivity index (χ1v) is 16.9. The SMILES string of the molecule is CCCCOc1ccc(C2C(C(=O)c3cc4cccc(OC)c4o3)=C(O)C(=O)N2c2nnc(SCc3ccc(Cl)cc3Cl)s2)cc1. The summed E-state index contributed by atoms with van der Waals surface area (Å²) in [5.74, 6) is -0.571. The van der Waals surface area contributed by atoms with Gasteiger partial charge in [-0.3, -0.25) is 14.5 Å². The minimum absolute atomic E-state index is 0.0476. The highest BCUT2D eigenvalue weighted by atomic mass is 35.5. The van der Waals surface area contributed by atoms with Gasteiger partial charge in [0.15, 0.2) is 27.2 Å². The lowest BCUT2D eigenvalue weighted by atomic mass is 9.95. The van der Waals surface area contributed by atoms with E-state index < -0.39 is 23.5 Å². The zero-order valence-corrected chi connectivity index (χ0v) is 27.8. The molecule has 1 aliphatic heterocycles. The normalized spacial score (nSPS) is 14.8. The molecule has 0 bridgehead atoms. The van der Waals surface area contributed by atoms with Gasteiger partial charge in [-0.2, -0.15) is 0 Å². The van der Waals surface area contributed by atoms with Gasteiger partial charge < -0.3 is 19.0 Å². The van der Waals surface area contributed by atoms with Crippen LogP contribution in [-0.4, -0.2) is 40.7 Å². The fourth-order valence-electron chi connectivity index (χ4n) is 5.01. The molecule has 0 saturated carbocycles. The van der Waals surface area contributed by atoms with Gasteiger partial charge in [-0.25, -0.2) is 0 Å². The van der Waals surface area contributed by atoms with Crippen molar-refractivity contribution >= 4 is 74.1 Å². The van der Waals surface area contributed by atoms with Crippen LogP contribution in [0.4, 0.5) is 5.13 Å². The summed E-state index contributed by atoms with van der Waals surface area (Å²) in [4.78, 5) is 29.1. The molecule has 3 aromatic carbocycles. The minimum Gasteiger partial charge on any atom is -0.503 e. The van der Waals surface area contributed by atoms with Gasteiger partial charge in [-0.15, -0.1) is 10.2 Å². The number of thioether (sulfide) groups is 1. The van der Waals surface area contributed by atoms with Crippen LogP contribution in [0.3, 0.4) is 0 Å². The van der Waals surface area contributed by atoms with E-state index in [2.05, 4.69) is 17.1 Å². The van der Waals surface area contributed by atoms with E-state index in [9.17, 15) is 14.7 Å². The van der Waals surface area contributed by atoms with E-state index >= 15 is 0 Å². The van der Waals surface area contributed by atoms with Gasteiger partial charge in [0.1, 0.15) is 5.75 Å². The van der Waals surface area contributed by atoms with E-state index in [0.717, 1.165) is 29.7 Å². The number of hydrogen-bond donors (Lipinski definition) is 1. The van der Waals surface area contributed by atoms with Gasteiger partial charge in [0.2, 0.25) is 10.9 Å². The second-order valence-electron chi connectivity index (χ2n) is 10.3. The minimum atomic E-state index is -1.02. The highest BCUT2D eigenvalue weighted by Gasteiger charge is 2.47. The Balaban J connectivity index is 1.35. The lowest BCUT2D eigenvalue weighted by Gasteiger charge is -2.24. The smallest absolute Gasteiger partial charge is 0.296 e. The van der Waals surface area contributed by atoms with Gasteiger partial charge in [-0.1, -0.05) is 90.0 Å². The summed E-state index contributed by atoms with van der Waals surface area (Å²) in [5.41, 5.74) is 1.67. The zero-order chi connectivity index (χ0) is 32.4. The van der Waals surface area contributed by atoms with Gasteiger partial charge in [0.05, 0.1) is 25.3 Å². The van der Waals surface area contributed by atoms with Crippen LogP contribution >= 0.6 is 46.3 Å². The molecular weight excluding hydrogens is 669 g/mol. The second-order valence-corrected chi connectivity index (χ2v) is 13.3. The first-order chi connectivity index (χ1) is 22.3. The number of Topliss-reactive ketones (excluding diaryl/α,β-unsaturated/α-hetero) is 1. The van der Waals surface area contributed by atoms with E-state index in [-0.39, 0.29) is 16.5 Å². The number of hydrogen-bond acceptors (Lipinski definition) is 10. The average Bonchev–Trinajstić information content (AvgIpc) is 3.77. The number of methoxy groups -OCH3 is 1. The lowest BCUT2D eigenvalue weighted by molar-refractivity contribution is -0.117. The van der Waals surface area contributed by atoms with Crippen molar-refractivity contribution in [3.63, 3.8) is 0 Å². The summed E-state index contributed by atoms with van der Waals surface area (Å²) in [6, 6.07) is 18.2. The van der Waals surface area contributed by atoms with E-state index in [1.165, 1.54) is 23.8 Å². The number of aromatic nitrogens is 2. The van der Waals surface area contributed by atoms with Crippen LogP contribution in [0.5, 0.6) is 11.5 Å². The number of aliphatic hydroxyl groups is 1. The number of ether oxygens (including phenoxy) is 2. The zero-order valence-electron chi connectivity index (χ0n) is 24.7. The third-order valence-electron chi connectivity index (χ3n) is 7.34. The molecule has 0 fully saturated rings. The third-order valence-corrected chi connectivity index (χ3v) is 10.0. The number of benzene rings is 3. The summed E-state index contributed by atoms with van der Waals surface area (Å²) in [7, 11) is 1.50. The van der Waals surface area contributed by atoms with Crippen molar-refractivity contribution < 1.29 is 28.6 Å². The predicted molar refractivity (Wildman–Crippen MR) is 180 cm³/mol. The van der Waals surface area contributed by atoms with Crippen LogP contribution in [-0.2, 0) is 10.5 Å². The molecule has 13 heteroatoms. The maximum atomic E-state index is 14.1. The third kappa shape index (κ3) is 6.32.